The molecule has 0 aromatic heterocycles. The maximum Gasteiger partial charge on any atom is -0.0299 e. The van der Waals surface area contributed by atoms with Gasteiger partial charge in [-0.1, -0.05) is 57.2 Å². The summed E-state index contributed by atoms with van der Waals surface area (Å²) in [5.41, 5.74) is 1.49. The van der Waals surface area contributed by atoms with Gasteiger partial charge in [0.15, 0.2) is 0 Å². The molecular formula is C12H20. The monoisotopic (exact) mass is 164 g/mol. The average molecular weight is 164 g/mol. The van der Waals surface area contributed by atoms with Crippen LogP contribution in [0.2, 0.25) is 0 Å². The summed E-state index contributed by atoms with van der Waals surface area (Å²) in [6.07, 6.45) is 9.44. The van der Waals surface area contributed by atoms with E-state index in [1.807, 2.05) is 19.1 Å². The van der Waals surface area contributed by atoms with Crippen LogP contribution in [0.25, 0.3) is 0 Å². The van der Waals surface area contributed by atoms with Crippen LogP contribution in [0.4, 0.5) is 0 Å². The van der Waals surface area contributed by atoms with E-state index < -0.39 is 0 Å². The van der Waals surface area contributed by atoms with Gasteiger partial charge in [0.05, 0.1) is 0 Å². The van der Waals surface area contributed by atoms with E-state index in [9.17, 15) is 0 Å². The van der Waals surface area contributed by atoms with Gasteiger partial charge < -0.3 is 0 Å². The Bertz CT molecular complexity index is 187. The molecule has 0 amide bonds. The first kappa shape index (κ1) is 11.2. The second-order valence-electron chi connectivity index (χ2n) is 4.40. The van der Waals surface area contributed by atoms with Gasteiger partial charge >= 0.3 is 0 Å². The van der Waals surface area contributed by atoms with Gasteiger partial charge in [-0.2, -0.15) is 0 Å². The molecule has 0 saturated carbocycles. The molecule has 0 unspecified atom stereocenters. The van der Waals surface area contributed by atoms with E-state index in [1.165, 1.54) is 0 Å². The molecule has 0 aliphatic carbocycles. The Kier molecular flexibility index (Phi) is 4.65. The van der Waals surface area contributed by atoms with E-state index in [4.69, 9.17) is 0 Å². The predicted octanol–water partition coefficient (Wildman–Crippen LogP) is 4.11. The first-order chi connectivity index (χ1) is 5.42. The molecule has 0 bridgehead atoms. The van der Waals surface area contributed by atoms with Crippen LogP contribution in [0.15, 0.2) is 36.5 Å². The Morgan fingerprint density at radius 3 is 2.25 bits per heavy atom. The molecule has 12 heavy (non-hydrogen) atoms. The van der Waals surface area contributed by atoms with E-state index in [1.54, 1.807) is 0 Å². The van der Waals surface area contributed by atoms with Crippen LogP contribution in [-0.4, -0.2) is 0 Å². The zero-order valence-corrected chi connectivity index (χ0v) is 8.72. The maximum atomic E-state index is 3.78. The van der Waals surface area contributed by atoms with E-state index in [0.29, 0.717) is 5.41 Å². The van der Waals surface area contributed by atoms with Gasteiger partial charge in [-0.25, -0.2) is 0 Å². The second-order valence-corrected chi connectivity index (χ2v) is 4.40. The van der Waals surface area contributed by atoms with Gasteiger partial charge in [-0.05, 0) is 18.8 Å². The second kappa shape index (κ2) is 4.97. The van der Waals surface area contributed by atoms with Crippen LogP contribution in [0.3, 0.4) is 0 Å². The molecular weight excluding hydrogens is 144 g/mol. The molecule has 0 N–H and O–H groups in total. The summed E-state index contributed by atoms with van der Waals surface area (Å²) >= 11 is 0. The first-order valence-electron chi connectivity index (χ1n) is 4.40. The molecule has 0 aliphatic rings. The minimum absolute atomic E-state index is 0.396. The van der Waals surface area contributed by atoms with Gasteiger partial charge in [0, 0.05) is 0 Å². The summed E-state index contributed by atoms with van der Waals surface area (Å²) in [6.45, 7) is 12.5. The van der Waals surface area contributed by atoms with Gasteiger partial charge in [0.2, 0.25) is 0 Å². The van der Waals surface area contributed by atoms with Crippen molar-refractivity contribution in [3.63, 3.8) is 0 Å². The van der Waals surface area contributed by atoms with Crippen LogP contribution < -0.4 is 0 Å². The lowest BCUT2D eigenvalue weighted by molar-refractivity contribution is 0.420. The number of hydrogen-bond donors (Lipinski definition) is 0. The van der Waals surface area contributed by atoms with Crippen molar-refractivity contribution in [2.24, 2.45) is 5.41 Å². The standard InChI is InChI=1S/C12H20/c1-11(2)9-7-6-8-10-12(3,4)5/h6-9H,1,10H2,2-5H3/b8-6-,9-7-. The van der Waals surface area contributed by atoms with Crippen LogP contribution in [0, 0.1) is 5.41 Å². The van der Waals surface area contributed by atoms with E-state index in [2.05, 4.69) is 39.5 Å². The smallest absolute Gasteiger partial charge is 0.0299 e. The predicted molar refractivity (Wildman–Crippen MR) is 57.2 cm³/mol. The third-order valence-corrected chi connectivity index (χ3v) is 1.36. The van der Waals surface area contributed by atoms with Crippen molar-refractivity contribution in [3.05, 3.63) is 36.5 Å². The lowest BCUT2D eigenvalue weighted by Gasteiger charge is -2.13. The van der Waals surface area contributed by atoms with Crippen molar-refractivity contribution in [1.82, 2.24) is 0 Å². The van der Waals surface area contributed by atoms with Gasteiger partial charge in [-0.3, -0.25) is 0 Å². The fraction of sp³-hybridized carbons (Fsp3) is 0.500. The molecule has 0 saturated heterocycles. The van der Waals surface area contributed by atoms with Crippen LogP contribution >= 0.6 is 0 Å². The molecule has 0 fully saturated rings. The van der Waals surface area contributed by atoms with Crippen molar-refractivity contribution in [3.8, 4) is 0 Å². The molecule has 0 nitrogen and oxygen atoms in total. The Balaban J connectivity index is 3.72. The molecule has 0 heteroatoms. The Hall–Kier alpha value is -0.780. The minimum atomic E-state index is 0.396. The summed E-state index contributed by atoms with van der Waals surface area (Å²) in [6, 6.07) is 0. The van der Waals surface area contributed by atoms with Crippen molar-refractivity contribution >= 4 is 0 Å². The van der Waals surface area contributed by atoms with Gasteiger partial charge in [0.25, 0.3) is 0 Å². The number of hydrogen-bond acceptors (Lipinski definition) is 0. The summed E-state index contributed by atoms with van der Waals surface area (Å²) in [7, 11) is 0. The van der Waals surface area contributed by atoms with Crippen molar-refractivity contribution in [2.75, 3.05) is 0 Å². The molecule has 0 aliphatic heterocycles. The molecule has 0 atom stereocenters. The average Bonchev–Trinajstić information content (AvgIpc) is 1.83. The third-order valence-electron chi connectivity index (χ3n) is 1.36. The fourth-order valence-corrected chi connectivity index (χ4v) is 0.720. The van der Waals surface area contributed by atoms with Gasteiger partial charge in [0.1, 0.15) is 0 Å². The zero-order valence-electron chi connectivity index (χ0n) is 8.72. The quantitative estimate of drug-likeness (QED) is 0.551. The topological polar surface area (TPSA) is 0 Å². The lowest BCUT2D eigenvalue weighted by atomic mass is 9.92. The highest BCUT2D eigenvalue weighted by molar-refractivity contribution is 5.16. The normalized spacial score (nSPS) is 13.0. The van der Waals surface area contributed by atoms with Crippen LogP contribution in [-0.2, 0) is 0 Å². The van der Waals surface area contributed by atoms with Crippen molar-refractivity contribution < 1.29 is 0 Å². The molecule has 0 radical (unpaired) electrons. The SMILES string of the molecule is C=C(C)/C=C\C=C/CC(C)(C)C. The highest BCUT2D eigenvalue weighted by atomic mass is 14.1. The Morgan fingerprint density at radius 1 is 1.25 bits per heavy atom. The van der Waals surface area contributed by atoms with Gasteiger partial charge in [-0.15, -0.1) is 0 Å². The third kappa shape index (κ3) is 9.22. The molecule has 0 rings (SSSR count). The minimum Gasteiger partial charge on any atom is -0.0961 e. The van der Waals surface area contributed by atoms with Crippen molar-refractivity contribution in [1.29, 1.82) is 0 Å². The summed E-state index contributed by atoms with van der Waals surface area (Å²) in [5, 5.41) is 0. The van der Waals surface area contributed by atoms with E-state index in [-0.39, 0.29) is 0 Å². The van der Waals surface area contributed by atoms with E-state index >= 15 is 0 Å². The maximum absolute atomic E-state index is 3.78. The first-order valence-corrected chi connectivity index (χ1v) is 4.40. The molecule has 0 heterocycles. The Labute approximate surface area is 76.7 Å². The summed E-state index contributed by atoms with van der Waals surface area (Å²) in [4.78, 5) is 0. The molecule has 0 aromatic carbocycles. The molecule has 68 valence electrons. The van der Waals surface area contributed by atoms with E-state index in [0.717, 1.165) is 12.0 Å². The zero-order chi connectivity index (χ0) is 9.61. The fourth-order valence-electron chi connectivity index (χ4n) is 0.720. The lowest BCUT2D eigenvalue weighted by Crippen LogP contribution is -2.01. The molecule has 0 spiro atoms. The van der Waals surface area contributed by atoms with Crippen LogP contribution in [0.5, 0.6) is 0 Å². The number of rotatable bonds is 3. The van der Waals surface area contributed by atoms with Crippen LogP contribution in [0.1, 0.15) is 34.1 Å². The largest absolute Gasteiger partial charge is 0.0961 e. The Morgan fingerprint density at radius 2 is 1.83 bits per heavy atom. The highest BCUT2D eigenvalue weighted by Crippen LogP contribution is 2.18. The summed E-state index contributed by atoms with van der Waals surface area (Å²) in [5.74, 6) is 0. The summed E-state index contributed by atoms with van der Waals surface area (Å²) < 4.78 is 0. The molecule has 0 aromatic rings. The van der Waals surface area contributed by atoms with Crippen molar-refractivity contribution in [2.45, 2.75) is 34.1 Å². The number of allylic oxidation sites excluding steroid dienone is 5. The highest BCUT2D eigenvalue weighted by Gasteiger charge is 2.05.